The first-order valence-corrected chi connectivity index (χ1v) is 7.22. The number of carboxylic acid groups (broad SMARTS) is 1. The summed E-state index contributed by atoms with van der Waals surface area (Å²) in [7, 11) is 0. The van der Waals surface area contributed by atoms with Crippen LogP contribution in [0.4, 0.5) is 22.7 Å². The summed E-state index contributed by atoms with van der Waals surface area (Å²) in [4.78, 5) is 11.4. The van der Waals surface area contributed by atoms with Crippen LogP contribution >= 0.6 is 0 Å². The molecule has 0 aromatic heterocycles. The zero-order chi connectivity index (χ0) is 15.7. The lowest BCUT2D eigenvalue weighted by atomic mass is 10.0. The molecule has 112 valence electrons. The van der Waals surface area contributed by atoms with Crippen molar-refractivity contribution in [1.82, 2.24) is 0 Å². The standard InChI is InChI=1S/C18H18N2O2/c1-11(2)9-10-12-5-3-7-14-16(12)20-17-13(18(21)22)6-4-8-15(17)19-14/h3-9,19-20H,10H2,1-2H3,(H,21,22). The smallest absolute Gasteiger partial charge is 0.337 e. The third kappa shape index (κ3) is 2.55. The average Bonchev–Trinajstić information content (AvgIpc) is 2.50. The van der Waals surface area contributed by atoms with Crippen LogP contribution < -0.4 is 10.6 Å². The number of carboxylic acids is 1. The van der Waals surface area contributed by atoms with Crippen LogP contribution in [0.3, 0.4) is 0 Å². The first kappa shape index (κ1) is 14.2. The Morgan fingerprint density at radius 1 is 1.05 bits per heavy atom. The molecule has 0 aliphatic carbocycles. The van der Waals surface area contributed by atoms with Crippen molar-refractivity contribution in [2.24, 2.45) is 0 Å². The lowest BCUT2D eigenvalue weighted by Gasteiger charge is -2.26. The van der Waals surface area contributed by atoms with Gasteiger partial charge in [-0.3, -0.25) is 0 Å². The van der Waals surface area contributed by atoms with Gasteiger partial charge in [0.05, 0.1) is 28.3 Å². The highest BCUT2D eigenvalue weighted by atomic mass is 16.4. The molecule has 0 saturated carbocycles. The maximum absolute atomic E-state index is 11.4. The first-order valence-electron chi connectivity index (χ1n) is 7.22. The number of aromatic carboxylic acids is 1. The molecule has 0 bridgehead atoms. The second kappa shape index (κ2) is 5.56. The van der Waals surface area contributed by atoms with Gasteiger partial charge in [-0.25, -0.2) is 4.79 Å². The van der Waals surface area contributed by atoms with Crippen LogP contribution in [0.25, 0.3) is 0 Å². The van der Waals surface area contributed by atoms with Gasteiger partial charge in [0.25, 0.3) is 0 Å². The van der Waals surface area contributed by atoms with Crippen molar-refractivity contribution in [1.29, 1.82) is 0 Å². The van der Waals surface area contributed by atoms with E-state index in [4.69, 9.17) is 0 Å². The van der Waals surface area contributed by atoms with E-state index in [9.17, 15) is 9.90 Å². The first-order chi connectivity index (χ1) is 10.6. The minimum atomic E-state index is -0.934. The van der Waals surface area contributed by atoms with Crippen molar-refractivity contribution in [3.63, 3.8) is 0 Å². The Hall–Kier alpha value is -2.75. The molecular formula is C18H18N2O2. The topological polar surface area (TPSA) is 61.4 Å². The summed E-state index contributed by atoms with van der Waals surface area (Å²) in [6.07, 6.45) is 2.97. The maximum Gasteiger partial charge on any atom is 0.337 e. The van der Waals surface area contributed by atoms with E-state index in [1.807, 2.05) is 18.2 Å². The molecule has 0 atom stereocenters. The molecule has 0 unspecified atom stereocenters. The van der Waals surface area contributed by atoms with Gasteiger partial charge in [-0.05, 0) is 44.0 Å². The van der Waals surface area contributed by atoms with E-state index < -0.39 is 5.97 Å². The number of nitrogens with one attached hydrogen (secondary N) is 2. The normalized spacial score (nSPS) is 11.5. The number of hydrogen-bond acceptors (Lipinski definition) is 3. The Morgan fingerprint density at radius 2 is 1.73 bits per heavy atom. The third-order valence-electron chi connectivity index (χ3n) is 3.70. The zero-order valence-electron chi connectivity index (χ0n) is 12.6. The van der Waals surface area contributed by atoms with E-state index in [1.54, 1.807) is 12.1 Å². The molecule has 1 heterocycles. The number of para-hydroxylation sites is 2. The average molecular weight is 294 g/mol. The molecule has 1 aliphatic rings. The molecule has 0 amide bonds. The van der Waals surface area contributed by atoms with Crippen LogP contribution in [0.2, 0.25) is 0 Å². The molecule has 22 heavy (non-hydrogen) atoms. The molecule has 1 aliphatic heterocycles. The van der Waals surface area contributed by atoms with Crippen molar-refractivity contribution < 1.29 is 9.90 Å². The quantitative estimate of drug-likeness (QED) is 0.613. The van der Waals surface area contributed by atoms with Crippen molar-refractivity contribution in [2.45, 2.75) is 20.3 Å². The summed E-state index contributed by atoms with van der Waals surface area (Å²) in [6.45, 7) is 4.14. The number of anilines is 4. The van der Waals surface area contributed by atoms with Crippen molar-refractivity contribution in [2.75, 3.05) is 10.6 Å². The summed E-state index contributed by atoms with van der Waals surface area (Å²) in [5, 5.41) is 16.0. The van der Waals surface area contributed by atoms with Crippen LogP contribution in [0.5, 0.6) is 0 Å². The summed E-state index contributed by atoms with van der Waals surface area (Å²) >= 11 is 0. The lowest BCUT2D eigenvalue weighted by molar-refractivity contribution is 0.0698. The second-order valence-electron chi connectivity index (χ2n) is 5.61. The van der Waals surface area contributed by atoms with Gasteiger partial charge in [0, 0.05) is 0 Å². The van der Waals surface area contributed by atoms with Crippen molar-refractivity contribution in [3.05, 3.63) is 59.2 Å². The fraction of sp³-hybridized carbons (Fsp3) is 0.167. The number of fused-ring (bicyclic) bond motifs is 2. The van der Waals surface area contributed by atoms with E-state index in [2.05, 4.69) is 36.6 Å². The molecule has 4 nitrogen and oxygen atoms in total. The number of benzene rings is 2. The molecule has 0 radical (unpaired) electrons. The third-order valence-corrected chi connectivity index (χ3v) is 3.70. The highest BCUT2D eigenvalue weighted by molar-refractivity contribution is 6.03. The Balaban J connectivity index is 2.05. The minimum Gasteiger partial charge on any atom is -0.478 e. The summed E-state index contributed by atoms with van der Waals surface area (Å²) < 4.78 is 0. The SMILES string of the molecule is CC(C)=CCc1cccc2c1Nc1c(cccc1C(=O)O)N2. The van der Waals surface area contributed by atoms with Crippen molar-refractivity contribution >= 4 is 28.7 Å². The minimum absolute atomic E-state index is 0.271. The van der Waals surface area contributed by atoms with Crippen LogP contribution in [0, 0.1) is 0 Å². The molecule has 0 saturated heterocycles. The van der Waals surface area contributed by atoms with Gasteiger partial charge >= 0.3 is 5.97 Å². The summed E-state index contributed by atoms with van der Waals surface area (Å²) in [5.74, 6) is -0.934. The van der Waals surface area contributed by atoms with Gasteiger partial charge in [-0.15, -0.1) is 0 Å². The second-order valence-corrected chi connectivity index (χ2v) is 5.61. The Labute approximate surface area is 129 Å². The van der Waals surface area contributed by atoms with Gasteiger partial charge in [0.1, 0.15) is 0 Å². The molecule has 3 N–H and O–H groups in total. The largest absolute Gasteiger partial charge is 0.478 e. The molecule has 3 rings (SSSR count). The summed E-state index contributed by atoms with van der Waals surface area (Å²) in [6, 6.07) is 11.3. The number of hydrogen-bond donors (Lipinski definition) is 3. The van der Waals surface area contributed by atoms with Gasteiger partial charge < -0.3 is 15.7 Å². The highest BCUT2D eigenvalue weighted by Crippen LogP contribution is 2.42. The zero-order valence-corrected chi connectivity index (χ0v) is 12.6. The number of carbonyl (C=O) groups is 1. The van der Waals surface area contributed by atoms with E-state index >= 15 is 0 Å². The number of rotatable bonds is 3. The molecular weight excluding hydrogens is 276 g/mol. The lowest BCUT2D eigenvalue weighted by Crippen LogP contribution is -2.12. The molecule has 0 spiro atoms. The highest BCUT2D eigenvalue weighted by Gasteiger charge is 2.21. The van der Waals surface area contributed by atoms with E-state index in [0.717, 1.165) is 29.0 Å². The molecule has 2 aromatic rings. The fourth-order valence-corrected chi connectivity index (χ4v) is 2.58. The Bertz CT molecular complexity index is 775. The van der Waals surface area contributed by atoms with Gasteiger partial charge in [0.2, 0.25) is 0 Å². The Kier molecular flexibility index (Phi) is 3.59. The van der Waals surface area contributed by atoms with Crippen LogP contribution in [0.1, 0.15) is 29.8 Å². The Morgan fingerprint density at radius 3 is 2.41 bits per heavy atom. The molecule has 0 fully saturated rings. The predicted octanol–water partition coefficient (Wildman–Crippen LogP) is 4.69. The van der Waals surface area contributed by atoms with Gasteiger partial charge in [0.15, 0.2) is 0 Å². The summed E-state index contributed by atoms with van der Waals surface area (Å²) in [5.41, 5.74) is 5.98. The molecule has 4 heteroatoms. The van der Waals surface area contributed by atoms with E-state index in [-0.39, 0.29) is 5.56 Å². The van der Waals surface area contributed by atoms with Crippen LogP contribution in [0.15, 0.2) is 48.0 Å². The van der Waals surface area contributed by atoms with Crippen molar-refractivity contribution in [3.8, 4) is 0 Å². The number of allylic oxidation sites excluding steroid dienone is 2. The fourth-order valence-electron chi connectivity index (χ4n) is 2.58. The van der Waals surface area contributed by atoms with Crippen LogP contribution in [-0.2, 0) is 6.42 Å². The monoisotopic (exact) mass is 294 g/mol. The van der Waals surface area contributed by atoms with E-state index in [1.165, 1.54) is 5.57 Å². The van der Waals surface area contributed by atoms with Crippen LogP contribution in [-0.4, -0.2) is 11.1 Å². The molecule has 2 aromatic carbocycles. The van der Waals surface area contributed by atoms with Gasteiger partial charge in [-0.1, -0.05) is 29.8 Å². The van der Waals surface area contributed by atoms with E-state index in [0.29, 0.717) is 5.69 Å². The predicted molar refractivity (Wildman–Crippen MR) is 89.5 cm³/mol. The van der Waals surface area contributed by atoms with Gasteiger partial charge in [-0.2, -0.15) is 0 Å². The maximum atomic E-state index is 11.4.